The number of pyridine rings is 1. The monoisotopic (exact) mass is 246 g/mol. The Morgan fingerprint density at radius 2 is 2.44 bits per heavy atom. The van der Waals surface area contributed by atoms with Crippen LogP contribution in [0.1, 0.15) is 18.9 Å². The lowest BCUT2D eigenvalue weighted by Crippen LogP contribution is -2.28. The van der Waals surface area contributed by atoms with Gasteiger partial charge in [-0.1, -0.05) is 0 Å². The van der Waals surface area contributed by atoms with Crippen LogP contribution in [0.15, 0.2) is 23.1 Å². The number of nitriles is 1. The summed E-state index contributed by atoms with van der Waals surface area (Å²) in [5.74, 6) is 0. The van der Waals surface area contributed by atoms with Gasteiger partial charge >= 0.3 is 0 Å². The van der Waals surface area contributed by atoms with Crippen LogP contribution in [-0.2, 0) is 0 Å². The van der Waals surface area contributed by atoms with Crippen LogP contribution in [0.2, 0.25) is 0 Å². The molecule has 0 saturated carbocycles. The number of hydrogen-bond acceptors (Lipinski definition) is 4. The van der Waals surface area contributed by atoms with E-state index in [1.807, 2.05) is 12.3 Å². The van der Waals surface area contributed by atoms with Crippen molar-refractivity contribution < 1.29 is 0 Å². The van der Waals surface area contributed by atoms with Crippen molar-refractivity contribution in [3.05, 3.63) is 28.7 Å². The molecule has 1 N–H and O–H groups in total. The van der Waals surface area contributed by atoms with Gasteiger partial charge in [-0.2, -0.15) is 5.26 Å². The zero-order valence-electron chi connectivity index (χ0n) is 10.6. The predicted molar refractivity (Wildman–Crippen MR) is 70.6 cm³/mol. The highest BCUT2D eigenvalue weighted by Gasteiger charge is 2.24. The molecule has 1 aliphatic heterocycles. The Labute approximate surface area is 107 Å². The lowest BCUT2D eigenvalue weighted by Gasteiger charge is -2.16. The van der Waals surface area contributed by atoms with Gasteiger partial charge in [0, 0.05) is 39.3 Å². The first kappa shape index (κ1) is 12.7. The molecule has 1 fully saturated rings. The van der Waals surface area contributed by atoms with Gasteiger partial charge in [0.1, 0.15) is 5.69 Å². The first-order chi connectivity index (χ1) is 8.76. The second-order valence-corrected chi connectivity index (χ2v) is 4.54. The average molecular weight is 246 g/mol. The van der Waals surface area contributed by atoms with Crippen molar-refractivity contribution in [2.45, 2.75) is 18.9 Å². The molecular weight excluding hydrogens is 228 g/mol. The van der Waals surface area contributed by atoms with Crippen LogP contribution >= 0.6 is 0 Å². The Morgan fingerprint density at radius 1 is 1.61 bits per heavy atom. The summed E-state index contributed by atoms with van der Waals surface area (Å²) in [6, 6.07) is 6.07. The molecule has 1 aromatic heterocycles. The third-order valence-electron chi connectivity index (χ3n) is 3.42. The SMILES string of the molecule is CNc1cccn([C@@H]2CCN(CCC#N)C2)c1=O. The maximum Gasteiger partial charge on any atom is 0.274 e. The van der Waals surface area contributed by atoms with Crippen molar-refractivity contribution in [1.29, 1.82) is 5.26 Å². The molecule has 0 unspecified atom stereocenters. The zero-order chi connectivity index (χ0) is 13.0. The van der Waals surface area contributed by atoms with Crippen LogP contribution in [0.25, 0.3) is 0 Å². The standard InChI is InChI=1S/C13H18N4O/c1-15-12-4-2-8-17(13(12)18)11-5-9-16(10-11)7-3-6-14/h2,4,8,11,15H,3,5,7,9-10H2,1H3/t11-/m1/s1. The minimum atomic E-state index is 0.0344. The lowest BCUT2D eigenvalue weighted by atomic mass is 10.2. The molecule has 2 heterocycles. The molecule has 96 valence electrons. The van der Waals surface area contributed by atoms with Crippen molar-refractivity contribution in [3.63, 3.8) is 0 Å². The lowest BCUT2D eigenvalue weighted by molar-refractivity contribution is 0.330. The zero-order valence-corrected chi connectivity index (χ0v) is 10.6. The molecule has 0 amide bonds. The maximum absolute atomic E-state index is 12.1. The minimum Gasteiger partial charge on any atom is -0.384 e. The minimum absolute atomic E-state index is 0.0344. The van der Waals surface area contributed by atoms with Crippen molar-refractivity contribution in [1.82, 2.24) is 9.47 Å². The van der Waals surface area contributed by atoms with Gasteiger partial charge in [-0.15, -0.1) is 0 Å². The first-order valence-electron chi connectivity index (χ1n) is 6.24. The third kappa shape index (κ3) is 2.54. The molecule has 0 aliphatic carbocycles. The maximum atomic E-state index is 12.1. The van der Waals surface area contributed by atoms with Gasteiger partial charge in [-0.25, -0.2) is 0 Å². The van der Waals surface area contributed by atoms with Crippen molar-refractivity contribution in [2.24, 2.45) is 0 Å². The van der Waals surface area contributed by atoms with E-state index in [0.29, 0.717) is 12.1 Å². The molecule has 1 saturated heterocycles. The summed E-state index contributed by atoms with van der Waals surface area (Å²) in [4.78, 5) is 14.4. The van der Waals surface area contributed by atoms with Gasteiger partial charge in [0.15, 0.2) is 0 Å². The Kier molecular flexibility index (Phi) is 4.00. The van der Waals surface area contributed by atoms with E-state index in [4.69, 9.17) is 5.26 Å². The number of anilines is 1. The molecular formula is C13H18N4O. The van der Waals surface area contributed by atoms with E-state index in [1.165, 1.54) is 0 Å². The van der Waals surface area contributed by atoms with Crippen LogP contribution in [0.5, 0.6) is 0 Å². The van der Waals surface area contributed by atoms with Gasteiger partial charge in [0.05, 0.1) is 12.1 Å². The second kappa shape index (κ2) is 5.69. The Hall–Kier alpha value is -1.80. The van der Waals surface area contributed by atoms with Gasteiger partial charge in [-0.05, 0) is 18.6 Å². The summed E-state index contributed by atoms with van der Waals surface area (Å²) in [6.45, 7) is 2.62. The van der Waals surface area contributed by atoms with E-state index >= 15 is 0 Å². The van der Waals surface area contributed by atoms with Crippen LogP contribution < -0.4 is 10.9 Å². The van der Waals surface area contributed by atoms with E-state index in [-0.39, 0.29) is 11.6 Å². The summed E-state index contributed by atoms with van der Waals surface area (Å²) in [5.41, 5.74) is 0.667. The number of nitrogens with zero attached hydrogens (tertiary/aromatic N) is 3. The van der Waals surface area contributed by atoms with Crippen LogP contribution in [0.4, 0.5) is 5.69 Å². The Balaban J connectivity index is 2.10. The topological polar surface area (TPSA) is 61.1 Å². The highest BCUT2D eigenvalue weighted by Crippen LogP contribution is 2.20. The first-order valence-corrected chi connectivity index (χ1v) is 6.24. The fraction of sp³-hybridized carbons (Fsp3) is 0.538. The number of hydrogen-bond donors (Lipinski definition) is 1. The van der Waals surface area contributed by atoms with Gasteiger partial charge < -0.3 is 14.8 Å². The predicted octanol–water partition coefficient (Wildman–Crippen LogP) is 1.05. The van der Waals surface area contributed by atoms with E-state index in [1.54, 1.807) is 17.7 Å². The summed E-state index contributed by atoms with van der Waals surface area (Å²) in [5, 5.41) is 11.5. The van der Waals surface area contributed by atoms with Crippen LogP contribution in [0, 0.1) is 11.3 Å². The number of likely N-dealkylation sites (tertiary alicyclic amines) is 1. The van der Waals surface area contributed by atoms with Gasteiger partial charge in [0.25, 0.3) is 5.56 Å². The number of nitrogens with one attached hydrogen (secondary N) is 1. The molecule has 2 rings (SSSR count). The molecule has 1 aromatic rings. The van der Waals surface area contributed by atoms with Crippen molar-refractivity contribution in [2.75, 3.05) is 32.0 Å². The summed E-state index contributed by atoms with van der Waals surface area (Å²) in [7, 11) is 1.76. The molecule has 0 aromatic carbocycles. The summed E-state index contributed by atoms with van der Waals surface area (Å²) in [6.07, 6.45) is 3.37. The highest BCUT2D eigenvalue weighted by atomic mass is 16.1. The quantitative estimate of drug-likeness (QED) is 0.862. The highest BCUT2D eigenvalue weighted by molar-refractivity contribution is 5.39. The van der Waals surface area contributed by atoms with Gasteiger partial charge in [-0.3, -0.25) is 4.79 Å². The fourth-order valence-electron chi connectivity index (χ4n) is 2.44. The third-order valence-corrected chi connectivity index (χ3v) is 3.42. The van der Waals surface area contributed by atoms with Crippen LogP contribution in [-0.4, -0.2) is 36.1 Å². The largest absolute Gasteiger partial charge is 0.384 e. The number of aromatic nitrogens is 1. The summed E-state index contributed by atoms with van der Waals surface area (Å²) >= 11 is 0. The molecule has 1 atom stereocenters. The smallest absolute Gasteiger partial charge is 0.274 e. The molecule has 0 bridgehead atoms. The average Bonchev–Trinajstić information content (AvgIpc) is 2.85. The van der Waals surface area contributed by atoms with Crippen LogP contribution in [0.3, 0.4) is 0 Å². The molecule has 5 nitrogen and oxygen atoms in total. The van der Waals surface area contributed by atoms with E-state index in [9.17, 15) is 4.79 Å². The molecule has 18 heavy (non-hydrogen) atoms. The van der Waals surface area contributed by atoms with Crippen molar-refractivity contribution in [3.8, 4) is 6.07 Å². The molecule has 1 aliphatic rings. The van der Waals surface area contributed by atoms with Crippen molar-refractivity contribution >= 4 is 5.69 Å². The van der Waals surface area contributed by atoms with Gasteiger partial charge in [0.2, 0.25) is 0 Å². The van der Waals surface area contributed by atoms with E-state index < -0.39 is 0 Å². The molecule has 5 heteroatoms. The Morgan fingerprint density at radius 3 is 3.17 bits per heavy atom. The van der Waals surface area contributed by atoms with E-state index in [0.717, 1.165) is 26.1 Å². The molecule has 0 spiro atoms. The number of rotatable bonds is 4. The normalized spacial score (nSPS) is 19.7. The second-order valence-electron chi connectivity index (χ2n) is 4.54. The Bertz CT molecular complexity index is 502. The fourth-order valence-corrected chi connectivity index (χ4v) is 2.44. The van der Waals surface area contributed by atoms with E-state index in [2.05, 4.69) is 16.3 Å². The summed E-state index contributed by atoms with van der Waals surface area (Å²) < 4.78 is 1.80. The molecule has 0 radical (unpaired) electrons.